The smallest absolute Gasteiger partial charge is 0.297 e. The fraction of sp³-hybridized carbons (Fsp3) is 0.833. The molecule has 0 amide bonds. The zero-order valence-corrected chi connectivity index (χ0v) is 9.39. The minimum Gasteiger partial charge on any atom is -0.297 e. The lowest BCUT2D eigenvalue weighted by atomic mass is 9.59. The van der Waals surface area contributed by atoms with E-state index >= 15 is 0 Å². The van der Waals surface area contributed by atoms with E-state index in [1.807, 2.05) is 0 Å². The van der Waals surface area contributed by atoms with Gasteiger partial charge in [0, 0.05) is 0 Å². The molecule has 17 heavy (non-hydrogen) atoms. The van der Waals surface area contributed by atoms with Gasteiger partial charge < -0.3 is 0 Å². The van der Waals surface area contributed by atoms with Gasteiger partial charge in [0.05, 0.1) is 6.07 Å². The van der Waals surface area contributed by atoms with Crippen molar-refractivity contribution < 1.29 is 18.0 Å². The number of Topliss-reactive ketones (excluding diaryl/α,β-unsaturated/α-hetero) is 1. The van der Waals surface area contributed by atoms with Crippen LogP contribution in [0.2, 0.25) is 0 Å². The van der Waals surface area contributed by atoms with Gasteiger partial charge in [0.2, 0.25) is 0 Å². The molecular formula is C12H14F3NO. The highest BCUT2D eigenvalue weighted by atomic mass is 19.4. The fourth-order valence-electron chi connectivity index (χ4n) is 2.65. The number of nitrogens with zero attached hydrogens (tertiary/aromatic N) is 1. The largest absolute Gasteiger partial charge is 0.401 e. The molecule has 0 aromatic carbocycles. The molecule has 0 spiro atoms. The average Bonchev–Trinajstić information content (AvgIpc) is 2.05. The molecule has 94 valence electrons. The Morgan fingerprint density at radius 1 is 1.29 bits per heavy atom. The Balaban J connectivity index is 2.20. The van der Waals surface area contributed by atoms with Crippen molar-refractivity contribution in [3.8, 4) is 6.07 Å². The van der Waals surface area contributed by atoms with E-state index in [0.29, 0.717) is 19.3 Å². The number of hydrogen-bond acceptors (Lipinski definition) is 2. The maximum absolute atomic E-state index is 13.0. The number of nitriles is 1. The van der Waals surface area contributed by atoms with Gasteiger partial charge in [-0.1, -0.05) is 12.8 Å². The van der Waals surface area contributed by atoms with Gasteiger partial charge in [-0.3, -0.25) is 4.79 Å². The first kappa shape index (κ1) is 12.4. The standard InChI is InChI=1S/C12H14F3NO/c13-12(14,15)11(5-2-6-11)10(17)9(7-16)8-3-1-4-8/h8-9H,1-6H2. The van der Waals surface area contributed by atoms with Gasteiger partial charge in [0.15, 0.2) is 5.78 Å². The summed E-state index contributed by atoms with van der Waals surface area (Å²) in [5.74, 6) is -2.07. The average molecular weight is 245 g/mol. The zero-order valence-electron chi connectivity index (χ0n) is 9.39. The molecule has 2 aliphatic rings. The van der Waals surface area contributed by atoms with E-state index in [4.69, 9.17) is 5.26 Å². The van der Waals surface area contributed by atoms with Gasteiger partial charge in [0.25, 0.3) is 0 Å². The van der Waals surface area contributed by atoms with E-state index < -0.39 is 23.3 Å². The number of hydrogen-bond donors (Lipinski definition) is 0. The number of carbonyl (C=O) groups excluding carboxylic acids is 1. The predicted octanol–water partition coefficient (Wildman–Crippen LogP) is 3.23. The number of carbonyl (C=O) groups is 1. The van der Waals surface area contributed by atoms with Crippen LogP contribution in [0.3, 0.4) is 0 Å². The minimum absolute atomic E-state index is 0.139. The summed E-state index contributed by atoms with van der Waals surface area (Å²) < 4.78 is 38.9. The predicted molar refractivity (Wildman–Crippen MR) is 53.8 cm³/mol. The molecule has 0 aromatic rings. The first-order valence-electron chi connectivity index (χ1n) is 5.93. The topological polar surface area (TPSA) is 40.9 Å². The Bertz CT molecular complexity index is 361. The second kappa shape index (κ2) is 4.01. The molecule has 2 saturated carbocycles. The van der Waals surface area contributed by atoms with Crippen molar-refractivity contribution in [2.24, 2.45) is 17.3 Å². The second-order valence-corrected chi connectivity index (χ2v) is 5.10. The van der Waals surface area contributed by atoms with Gasteiger partial charge in [-0.15, -0.1) is 0 Å². The van der Waals surface area contributed by atoms with Crippen LogP contribution in [-0.2, 0) is 4.79 Å². The molecule has 5 heteroatoms. The lowest BCUT2D eigenvalue weighted by Gasteiger charge is -2.44. The summed E-state index contributed by atoms with van der Waals surface area (Å²) in [6, 6.07) is 1.80. The highest BCUT2D eigenvalue weighted by molar-refractivity contribution is 5.90. The van der Waals surface area contributed by atoms with E-state index in [1.165, 1.54) is 0 Å². The molecule has 2 aliphatic carbocycles. The second-order valence-electron chi connectivity index (χ2n) is 5.10. The Morgan fingerprint density at radius 3 is 2.12 bits per heavy atom. The van der Waals surface area contributed by atoms with E-state index in [2.05, 4.69) is 0 Å². The van der Waals surface area contributed by atoms with Gasteiger partial charge >= 0.3 is 6.18 Å². The zero-order chi connectivity index (χ0) is 12.7. The first-order chi connectivity index (χ1) is 7.92. The molecule has 0 radical (unpaired) electrons. The van der Waals surface area contributed by atoms with Crippen molar-refractivity contribution >= 4 is 5.78 Å². The summed E-state index contributed by atoms with van der Waals surface area (Å²) in [6.07, 6.45) is -2.03. The summed E-state index contributed by atoms with van der Waals surface area (Å²) in [7, 11) is 0. The van der Waals surface area contributed by atoms with E-state index in [1.54, 1.807) is 6.07 Å². The van der Waals surface area contributed by atoms with Crippen molar-refractivity contribution in [2.75, 3.05) is 0 Å². The van der Waals surface area contributed by atoms with Gasteiger partial charge in [-0.25, -0.2) is 0 Å². The molecule has 2 fully saturated rings. The lowest BCUT2D eigenvalue weighted by Crippen LogP contribution is -2.53. The molecular weight excluding hydrogens is 231 g/mol. The van der Waals surface area contributed by atoms with Crippen LogP contribution in [0.1, 0.15) is 38.5 Å². The Kier molecular flexibility index (Phi) is 2.92. The Hall–Kier alpha value is -1.05. The summed E-state index contributed by atoms with van der Waals surface area (Å²) in [6.45, 7) is 0. The SMILES string of the molecule is N#CC(C(=O)C1(C(F)(F)F)CCC1)C1CCC1. The lowest BCUT2D eigenvalue weighted by molar-refractivity contribution is -0.244. The van der Waals surface area contributed by atoms with Crippen LogP contribution in [0.25, 0.3) is 0 Å². The normalized spacial score (nSPS) is 25.3. The molecule has 0 aliphatic heterocycles. The fourth-order valence-corrected chi connectivity index (χ4v) is 2.65. The molecule has 1 unspecified atom stereocenters. The molecule has 0 N–H and O–H groups in total. The maximum Gasteiger partial charge on any atom is 0.401 e. The third kappa shape index (κ3) is 1.74. The number of halogens is 3. The molecule has 2 nitrogen and oxygen atoms in total. The van der Waals surface area contributed by atoms with Crippen LogP contribution in [-0.4, -0.2) is 12.0 Å². The van der Waals surface area contributed by atoms with Crippen LogP contribution in [0.15, 0.2) is 0 Å². The Labute approximate surface area is 97.8 Å². The van der Waals surface area contributed by atoms with E-state index in [9.17, 15) is 18.0 Å². The van der Waals surface area contributed by atoms with Crippen molar-refractivity contribution in [1.82, 2.24) is 0 Å². The van der Waals surface area contributed by atoms with Crippen LogP contribution in [0.5, 0.6) is 0 Å². The van der Waals surface area contributed by atoms with E-state index in [0.717, 1.165) is 6.42 Å². The maximum atomic E-state index is 13.0. The van der Waals surface area contributed by atoms with Crippen molar-refractivity contribution in [3.63, 3.8) is 0 Å². The summed E-state index contributed by atoms with van der Waals surface area (Å²) in [5.41, 5.74) is -2.21. The van der Waals surface area contributed by atoms with Crippen LogP contribution < -0.4 is 0 Å². The van der Waals surface area contributed by atoms with Crippen LogP contribution in [0.4, 0.5) is 13.2 Å². The summed E-state index contributed by atoms with van der Waals surface area (Å²) >= 11 is 0. The summed E-state index contributed by atoms with van der Waals surface area (Å²) in [5, 5.41) is 8.94. The third-order valence-electron chi connectivity index (χ3n) is 4.26. The number of rotatable bonds is 3. The van der Waals surface area contributed by atoms with Crippen LogP contribution in [0, 0.1) is 28.6 Å². The first-order valence-corrected chi connectivity index (χ1v) is 5.93. The summed E-state index contributed by atoms with van der Waals surface area (Å²) in [4.78, 5) is 12.0. The highest BCUT2D eigenvalue weighted by Crippen LogP contribution is 2.56. The van der Waals surface area contributed by atoms with Gasteiger partial charge in [0.1, 0.15) is 11.3 Å². The van der Waals surface area contributed by atoms with Crippen molar-refractivity contribution in [1.29, 1.82) is 5.26 Å². The molecule has 0 bridgehead atoms. The molecule has 1 atom stereocenters. The van der Waals surface area contributed by atoms with Gasteiger partial charge in [-0.05, 0) is 31.6 Å². The molecule has 0 heterocycles. The Morgan fingerprint density at radius 2 is 1.88 bits per heavy atom. The van der Waals surface area contributed by atoms with Gasteiger partial charge in [-0.2, -0.15) is 18.4 Å². The highest BCUT2D eigenvalue weighted by Gasteiger charge is 2.64. The van der Waals surface area contributed by atoms with Crippen molar-refractivity contribution in [2.45, 2.75) is 44.7 Å². The molecule has 0 aromatic heterocycles. The van der Waals surface area contributed by atoms with Crippen LogP contribution >= 0.6 is 0 Å². The van der Waals surface area contributed by atoms with E-state index in [-0.39, 0.29) is 18.8 Å². The quantitative estimate of drug-likeness (QED) is 0.765. The third-order valence-corrected chi connectivity index (χ3v) is 4.26. The monoisotopic (exact) mass is 245 g/mol. The number of alkyl halides is 3. The minimum atomic E-state index is -4.50. The molecule has 2 rings (SSSR count). The molecule has 0 saturated heterocycles. The van der Waals surface area contributed by atoms with Crippen molar-refractivity contribution in [3.05, 3.63) is 0 Å². The number of ketones is 1.